The standard InChI is InChI=1S/C21H28N4O3/c1-15(2)14-28-18-13-25(16-9-5-4-6-10-16)23-19(18)21(27)24-12-8-7-11-17(24)20(26)22-3/h4-6,9-10,13,15,17H,7-8,11-12,14H2,1-3H3,(H,22,26). The summed E-state index contributed by atoms with van der Waals surface area (Å²) in [5.41, 5.74) is 1.10. The van der Waals surface area contributed by atoms with Gasteiger partial charge in [0.2, 0.25) is 5.91 Å². The molecule has 0 spiro atoms. The van der Waals surface area contributed by atoms with Crippen molar-refractivity contribution < 1.29 is 14.3 Å². The molecule has 0 radical (unpaired) electrons. The summed E-state index contributed by atoms with van der Waals surface area (Å²) in [5, 5.41) is 7.19. The molecular formula is C21H28N4O3. The molecule has 3 rings (SSSR count). The van der Waals surface area contributed by atoms with Gasteiger partial charge in [-0.3, -0.25) is 9.59 Å². The van der Waals surface area contributed by atoms with Crippen LogP contribution >= 0.6 is 0 Å². The topological polar surface area (TPSA) is 76.5 Å². The van der Waals surface area contributed by atoms with E-state index < -0.39 is 6.04 Å². The lowest BCUT2D eigenvalue weighted by Crippen LogP contribution is -2.51. The number of carbonyl (C=O) groups excluding carboxylic acids is 2. The average Bonchev–Trinajstić information content (AvgIpc) is 3.16. The molecule has 0 saturated carbocycles. The predicted molar refractivity (Wildman–Crippen MR) is 107 cm³/mol. The summed E-state index contributed by atoms with van der Waals surface area (Å²) >= 11 is 0. The number of likely N-dealkylation sites (N-methyl/N-ethyl adjacent to an activating group) is 1. The van der Waals surface area contributed by atoms with E-state index in [0.717, 1.165) is 18.5 Å². The Bertz CT molecular complexity index is 816. The van der Waals surface area contributed by atoms with Gasteiger partial charge in [0.05, 0.1) is 18.5 Å². The minimum absolute atomic E-state index is 0.139. The van der Waals surface area contributed by atoms with Gasteiger partial charge in [-0.05, 0) is 37.3 Å². The number of likely N-dealkylation sites (tertiary alicyclic amines) is 1. The van der Waals surface area contributed by atoms with Crippen molar-refractivity contribution in [2.24, 2.45) is 5.92 Å². The minimum Gasteiger partial charge on any atom is -0.489 e. The highest BCUT2D eigenvalue weighted by Crippen LogP contribution is 2.26. The Morgan fingerprint density at radius 1 is 1.25 bits per heavy atom. The summed E-state index contributed by atoms with van der Waals surface area (Å²) in [5.74, 6) is 0.363. The van der Waals surface area contributed by atoms with Gasteiger partial charge in [-0.1, -0.05) is 32.0 Å². The average molecular weight is 384 g/mol. The van der Waals surface area contributed by atoms with E-state index >= 15 is 0 Å². The normalized spacial score (nSPS) is 16.9. The number of para-hydroxylation sites is 1. The van der Waals surface area contributed by atoms with Crippen molar-refractivity contribution in [1.29, 1.82) is 0 Å². The monoisotopic (exact) mass is 384 g/mol. The molecular weight excluding hydrogens is 356 g/mol. The van der Waals surface area contributed by atoms with Crippen LogP contribution in [-0.2, 0) is 4.79 Å². The molecule has 0 aliphatic carbocycles. The number of nitrogens with one attached hydrogen (secondary N) is 1. The highest BCUT2D eigenvalue weighted by Gasteiger charge is 2.34. The van der Waals surface area contributed by atoms with Gasteiger partial charge in [-0.25, -0.2) is 4.68 Å². The Morgan fingerprint density at radius 3 is 2.68 bits per heavy atom. The first-order chi connectivity index (χ1) is 13.5. The third kappa shape index (κ3) is 4.35. The highest BCUT2D eigenvalue weighted by atomic mass is 16.5. The van der Waals surface area contributed by atoms with E-state index in [-0.39, 0.29) is 17.5 Å². The maximum Gasteiger partial charge on any atom is 0.278 e. The Balaban J connectivity index is 1.94. The zero-order valence-electron chi connectivity index (χ0n) is 16.7. The number of hydrogen-bond acceptors (Lipinski definition) is 4. The number of benzene rings is 1. The molecule has 1 aromatic carbocycles. The van der Waals surface area contributed by atoms with Crippen LogP contribution in [-0.4, -0.2) is 52.7 Å². The summed E-state index contributed by atoms with van der Waals surface area (Å²) in [7, 11) is 1.60. The fourth-order valence-electron chi connectivity index (χ4n) is 3.33. The van der Waals surface area contributed by atoms with Gasteiger partial charge in [-0.2, -0.15) is 5.10 Å². The molecule has 1 aliphatic heterocycles. The second kappa shape index (κ2) is 8.91. The maximum atomic E-state index is 13.3. The van der Waals surface area contributed by atoms with Gasteiger partial charge < -0.3 is 15.0 Å². The number of aromatic nitrogens is 2. The van der Waals surface area contributed by atoms with Crippen LogP contribution in [0.2, 0.25) is 0 Å². The molecule has 7 nitrogen and oxygen atoms in total. The van der Waals surface area contributed by atoms with Crippen molar-refractivity contribution in [3.05, 3.63) is 42.2 Å². The van der Waals surface area contributed by atoms with Crippen LogP contribution in [0.1, 0.15) is 43.6 Å². The van der Waals surface area contributed by atoms with E-state index in [4.69, 9.17) is 4.74 Å². The van der Waals surface area contributed by atoms with Crippen LogP contribution in [0.4, 0.5) is 0 Å². The lowest BCUT2D eigenvalue weighted by Gasteiger charge is -2.34. The predicted octanol–water partition coefficient (Wildman–Crippen LogP) is 2.65. The highest BCUT2D eigenvalue weighted by molar-refractivity contribution is 5.98. The third-order valence-corrected chi connectivity index (χ3v) is 4.79. The number of piperidine rings is 1. The van der Waals surface area contributed by atoms with Crippen LogP contribution in [0.5, 0.6) is 5.75 Å². The fourth-order valence-corrected chi connectivity index (χ4v) is 3.33. The van der Waals surface area contributed by atoms with Gasteiger partial charge in [0.15, 0.2) is 11.4 Å². The molecule has 1 unspecified atom stereocenters. The maximum absolute atomic E-state index is 13.3. The van der Waals surface area contributed by atoms with Crippen LogP contribution in [0.25, 0.3) is 5.69 Å². The number of rotatable bonds is 6. The van der Waals surface area contributed by atoms with Crippen LogP contribution in [0, 0.1) is 5.92 Å². The van der Waals surface area contributed by atoms with E-state index in [1.807, 2.05) is 30.3 Å². The Hall–Kier alpha value is -2.83. The van der Waals surface area contributed by atoms with E-state index in [1.165, 1.54) is 0 Å². The van der Waals surface area contributed by atoms with E-state index in [0.29, 0.717) is 31.2 Å². The number of ether oxygens (including phenoxy) is 1. The van der Waals surface area contributed by atoms with Crippen LogP contribution in [0.15, 0.2) is 36.5 Å². The van der Waals surface area contributed by atoms with Crippen molar-refractivity contribution in [3.63, 3.8) is 0 Å². The van der Waals surface area contributed by atoms with Crippen LogP contribution < -0.4 is 10.1 Å². The molecule has 1 saturated heterocycles. The molecule has 1 N–H and O–H groups in total. The third-order valence-electron chi connectivity index (χ3n) is 4.79. The fraction of sp³-hybridized carbons (Fsp3) is 0.476. The molecule has 1 fully saturated rings. The van der Waals surface area contributed by atoms with E-state index in [9.17, 15) is 9.59 Å². The minimum atomic E-state index is -0.467. The number of carbonyl (C=O) groups is 2. The molecule has 1 aromatic heterocycles. The SMILES string of the molecule is CNC(=O)C1CCCCN1C(=O)c1nn(-c2ccccc2)cc1OCC(C)C. The molecule has 7 heteroatoms. The van der Waals surface area contributed by atoms with Gasteiger partial charge in [0, 0.05) is 13.6 Å². The molecule has 0 bridgehead atoms. The quantitative estimate of drug-likeness (QED) is 0.831. The Labute approximate surface area is 165 Å². The second-order valence-corrected chi connectivity index (χ2v) is 7.45. The summed E-state index contributed by atoms with van der Waals surface area (Å²) in [6.07, 6.45) is 4.20. The summed E-state index contributed by atoms with van der Waals surface area (Å²) in [4.78, 5) is 27.2. The van der Waals surface area contributed by atoms with E-state index in [2.05, 4.69) is 24.3 Å². The summed E-state index contributed by atoms with van der Waals surface area (Å²) < 4.78 is 7.56. The zero-order valence-corrected chi connectivity index (χ0v) is 16.7. The molecule has 1 atom stereocenters. The van der Waals surface area contributed by atoms with Gasteiger partial charge in [-0.15, -0.1) is 0 Å². The zero-order chi connectivity index (χ0) is 20.1. The Morgan fingerprint density at radius 2 is 2.00 bits per heavy atom. The van der Waals surface area contributed by atoms with Gasteiger partial charge in [0.1, 0.15) is 6.04 Å². The van der Waals surface area contributed by atoms with Crippen molar-refractivity contribution in [1.82, 2.24) is 20.0 Å². The first kappa shape index (κ1) is 19.9. The lowest BCUT2D eigenvalue weighted by atomic mass is 10.0. The van der Waals surface area contributed by atoms with E-state index in [1.54, 1.807) is 22.8 Å². The van der Waals surface area contributed by atoms with Crippen molar-refractivity contribution in [2.75, 3.05) is 20.2 Å². The van der Waals surface area contributed by atoms with Crippen molar-refractivity contribution in [3.8, 4) is 11.4 Å². The number of nitrogens with zero attached hydrogens (tertiary/aromatic N) is 3. The summed E-state index contributed by atoms with van der Waals surface area (Å²) in [6.45, 7) is 5.13. The first-order valence-electron chi connectivity index (χ1n) is 9.81. The Kier molecular flexibility index (Phi) is 6.34. The first-order valence-corrected chi connectivity index (χ1v) is 9.81. The largest absolute Gasteiger partial charge is 0.489 e. The van der Waals surface area contributed by atoms with Gasteiger partial charge in [0.25, 0.3) is 5.91 Å². The van der Waals surface area contributed by atoms with Crippen molar-refractivity contribution >= 4 is 11.8 Å². The number of hydrogen-bond donors (Lipinski definition) is 1. The van der Waals surface area contributed by atoms with Gasteiger partial charge >= 0.3 is 0 Å². The molecule has 2 aromatic rings. The molecule has 2 amide bonds. The van der Waals surface area contributed by atoms with Crippen LogP contribution in [0.3, 0.4) is 0 Å². The van der Waals surface area contributed by atoms with Crippen molar-refractivity contribution in [2.45, 2.75) is 39.2 Å². The number of amides is 2. The summed E-state index contributed by atoms with van der Waals surface area (Å²) in [6, 6.07) is 9.13. The molecule has 2 heterocycles. The smallest absolute Gasteiger partial charge is 0.278 e. The second-order valence-electron chi connectivity index (χ2n) is 7.45. The lowest BCUT2D eigenvalue weighted by molar-refractivity contribution is -0.126. The molecule has 150 valence electrons. The molecule has 1 aliphatic rings. The molecule has 28 heavy (non-hydrogen) atoms.